The molecule has 0 bridgehead atoms. The van der Waals surface area contributed by atoms with Crippen molar-refractivity contribution in [3.8, 4) is 17.0 Å². The Kier molecular flexibility index (Phi) is 5.99. The molecule has 0 saturated heterocycles. The molecular formula is C23H29FN2O5. The van der Waals surface area contributed by atoms with Crippen LogP contribution in [0.25, 0.3) is 11.3 Å². The largest absolute Gasteiger partial charge is 0.490 e. The average Bonchev–Trinajstić information content (AvgIpc) is 3.03. The highest BCUT2D eigenvalue weighted by Gasteiger charge is 2.40. The molecule has 0 radical (unpaired) electrons. The molecule has 2 aromatic rings. The summed E-state index contributed by atoms with van der Waals surface area (Å²) in [5.74, 6) is 0.106. The van der Waals surface area contributed by atoms with E-state index >= 15 is 0 Å². The molecule has 8 heteroatoms. The first-order valence-electron chi connectivity index (χ1n) is 10.1. The van der Waals surface area contributed by atoms with Gasteiger partial charge in [0.05, 0.1) is 24.3 Å². The summed E-state index contributed by atoms with van der Waals surface area (Å²) in [7, 11) is 0. The van der Waals surface area contributed by atoms with Crippen molar-refractivity contribution in [3.05, 3.63) is 47.4 Å². The van der Waals surface area contributed by atoms with Crippen LogP contribution in [-0.2, 0) is 15.8 Å². The lowest BCUT2D eigenvalue weighted by atomic mass is 9.83. The molecule has 2 heterocycles. The first-order chi connectivity index (χ1) is 14.3. The lowest BCUT2D eigenvalue weighted by molar-refractivity contribution is 0.0297. The minimum atomic E-state index is -1.54. The monoisotopic (exact) mass is 432 g/mol. The zero-order valence-electron chi connectivity index (χ0n) is 18.5. The van der Waals surface area contributed by atoms with Crippen LogP contribution in [0.3, 0.4) is 0 Å². The van der Waals surface area contributed by atoms with Gasteiger partial charge in [0.15, 0.2) is 0 Å². The Morgan fingerprint density at radius 2 is 1.94 bits per heavy atom. The van der Waals surface area contributed by atoms with Crippen molar-refractivity contribution in [2.45, 2.75) is 51.2 Å². The maximum atomic E-state index is 13.4. The zero-order valence-corrected chi connectivity index (χ0v) is 18.5. The van der Waals surface area contributed by atoms with E-state index in [1.807, 2.05) is 6.92 Å². The number of nitrogens with one attached hydrogen (secondary N) is 1. The smallest absolute Gasteiger partial charge is 0.407 e. The SMILES string of the molecule is CC(C)(C)OC(=O)NC[C@](C)(O)c1cc2c(c(-c3ccc(F)cc3)n1)OC[C@]2(C)CO. The topological polar surface area (TPSA) is 101 Å². The third kappa shape index (κ3) is 4.97. The minimum Gasteiger partial charge on any atom is -0.490 e. The number of amides is 1. The van der Waals surface area contributed by atoms with Gasteiger partial charge in [-0.1, -0.05) is 0 Å². The molecule has 3 N–H and O–H groups in total. The maximum absolute atomic E-state index is 13.4. The van der Waals surface area contributed by atoms with E-state index in [-0.39, 0.29) is 31.3 Å². The summed E-state index contributed by atoms with van der Waals surface area (Å²) in [5.41, 5.74) is -0.878. The molecule has 1 aliphatic rings. The molecule has 1 aromatic heterocycles. The Balaban J connectivity index is 2.00. The zero-order chi connectivity index (χ0) is 23.0. The van der Waals surface area contributed by atoms with Crippen LogP contribution < -0.4 is 10.1 Å². The van der Waals surface area contributed by atoms with Gasteiger partial charge in [0, 0.05) is 11.1 Å². The highest BCUT2D eigenvalue weighted by Crippen LogP contribution is 2.45. The summed E-state index contributed by atoms with van der Waals surface area (Å²) < 4.78 is 24.5. The van der Waals surface area contributed by atoms with Crippen LogP contribution in [0.5, 0.6) is 5.75 Å². The van der Waals surface area contributed by atoms with Crippen molar-refractivity contribution in [2.75, 3.05) is 19.8 Å². The number of aliphatic hydroxyl groups excluding tert-OH is 1. The molecular weight excluding hydrogens is 403 g/mol. The van der Waals surface area contributed by atoms with Gasteiger partial charge in [-0.15, -0.1) is 0 Å². The molecule has 0 aliphatic carbocycles. The fourth-order valence-corrected chi connectivity index (χ4v) is 3.30. The van der Waals surface area contributed by atoms with Crippen molar-refractivity contribution in [1.82, 2.24) is 10.3 Å². The summed E-state index contributed by atoms with van der Waals surface area (Å²) in [6, 6.07) is 7.47. The van der Waals surface area contributed by atoms with Gasteiger partial charge in [-0.05, 0) is 65.0 Å². The van der Waals surface area contributed by atoms with Crippen molar-refractivity contribution in [1.29, 1.82) is 0 Å². The highest BCUT2D eigenvalue weighted by molar-refractivity contribution is 5.71. The third-order valence-electron chi connectivity index (χ3n) is 5.15. The Labute approximate surface area is 181 Å². The van der Waals surface area contributed by atoms with Crippen molar-refractivity contribution in [2.24, 2.45) is 0 Å². The number of carbonyl (C=O) groups excluding carboxylic acids is 1. The number of hydrogen-bond donors (Lipinski definition) is 3. The standard InChI is InChI=1S/C23H29FN2O5/c1-21(2,3)31-20(28)25-11-23(5,29)17-10-16-19(30-13-22(16,4)12-27)18(26-17)14-6-8-15(24)9-7-14/h6-10,27,29H,11-13H2,1-5H3,(H,25,28)/t22-,23-/m0/s1. The molecule has 168 valence electrons. The fraction of sp³-hybridized carbons (Fsp3) is 0.478. The number of hydrogen-bond acceptors (Lipinski definition) is 6. The lowest BCUT2D eigenvalue weighted by Gasteiger charge is -2.27. The van der Waals surface area contributed by atoms with Crippen LogP contribution in [0.15, 0.2) is 30.3 Å². The molecule has 7 nitrogen and oxygen atoms in total. The number of nitrogens with zero attached hydrogens (tertiary/aromatic N) is 1. The molecule has 1 aliphatic heterocycles. The first-order valence-corrected chi connectivity index (χ1v) is 10.1. The number of pyridine rings is 1. The number of carbonyl (C=O) groups is 1. The molecule has 1 amide bonds. The molecule has 0 spiro atoms. The van der Waals surface area contributed by atoms with Crippen LogP contribution in [0.2, 0.25) is 0 Å². The number of ether oxygens (including phenoxy) is 2. The second-order valence-corrected chi connectivity index (χ2v) is 9.38. The molecule has 2 atom stereocenters. The Bertz CT molecular complexity index is 969. The second-order valence-electron chi connectivity index (χ2n) is 9.38. The van der Waals surface area contributed by atoms with Gasteiger partial charge >= 0.3 is 6.09 Å². The van der Waals surface area contributed by atoms with Crippen molar-refractivity contribution in [3.63, 3.8) is 0 Å². The number of fused-ring (bicyclic) bond motifs is 1. The first kappa shape index (κ1) is 23.0. The number of rotatable bonds is 5. The van der Waals surface area contributed by atoms with Crippen molar-refractivity contribution < 1.29 is 28.9 Å². The fourth-order valence-electron chi connectivity index (χ4n) is 3.30. The third-order valence-corrected chi connectivity index (χ3v) is 5.15. The number of alkyl carbamates (subject to hydrolysis) is 1. The van der Waals surface area contributed by atoms with Gasteiger partial charge in [0.1, 0.15) is 35.1 Å². The van der Waals surface area contributed by atoms with Crippen LogP contribution >= 0.6 is 0 Å². The molecule has 0 saturated carbocycles. The lowest BCUT2D eigenvalue weighted by Crippen LogP contribution is -2.41. The van der Waals surface area contributed by atoms with Gasteiger partial charge < -0.3 is 25.0 Å². The van der Waals surface area contributed by atoms with E-state index in [9.17, 15) is 19.4 Å². The minimum absolute atomic E-state index is 0.146. The van der Waals surface area contributed by atoms with Crippen LogP contribution in [-0.4, -0.2) is 46.6 Å². The van der Waals surface area contributed by atoms with E-state index in [2.05, 4.69) is 10.3 Å². The Morgan fingerprint density at radius 1 is 1.29 bits per heavy atom. The maximum Gasteiger partial charge on any atom is 0.407 e. The quantitative estimate of drug-likeness (QED) is 0.671. The average molecular weight is 432 g/mol. The molecule has 3 rings (SSSR count). The molecule has 0 unspecified atom stereocenters. The Morgan fingerprint density at radius 3 is 2.52 bits per heavy atom. The summed E-state index contributed by atoms with van der Waals surface area (Å²) >= 11 is 0. The summed E-state index contributed by atoms with van der Waals surface area (Å²) in [6.07, 6.45) is -0.656. The van der Waals surface area contributed by atoms with Gasteiger partial charge in [-0.2, -0.15) is 0 Å². The molecule has 1 aromatic carbocycles. The predicted octanol–water partition coefficient (Wildman–Crippen LogP) is 3.26. The van der Waals surface area contributed by atoms with Crippen molar-refractivity contribution >= 4 is 6.09 Å². The van der Waals surface area contributed by atoms with E-state index in [1.54, 1.807) is 39.0 Å². The van der Waals surface area contributed by atoms with E-state index < -0.39 is 22.7 Å². The summed E-state index contributed by atoms with van der Waals surface area (Å²) in [4.78, 5) is 16.6. The van der Waals surface area contributed by atoms with Gasteiger partial charge in [0.25, 0.3) is 0 Å². The molecule has 31 heavy (non-hydrogen) atoms. The molecule has 0 fully saturated rings. The Hall–Kier alpha value is -2.71. The number of halogens is 1. The number of aliphatic hydroxyl groups is 2. The summed E-state index contributed by atoms with van der Waals surface area (Å²) in [6.45, 7) is 8.56. The van der Waals surface area contributed by atoms with Crippen LogP contribution in [0, 0.1) is 5.82 Å². The van der Waals surface area contributed by atoms with Gasteiger partial charge in [-0.25, -0.2) is 14.2 Å². The van der Waals surface area contributed by atoms with E-state index in [0.29, 0.717) is 22.6 Å². The van der Waals surface area contributed by atoms with Crippen LogP contribution in [0.1, 0.15) is 45.9 Å². The van der Waals surface area contributed by atoms with Gasteiger partial charge in [0.2, 0.25) is 0 Å². The van der Waals surface area contributed by atoms with E-state index in [0.717, 1.165) is 0 Å². The second kappa shape index (κ2) is 8.09. The van der Waals surface area contributed by atoms with Crippen LogP contribution in [0.4, 0.5) is 9.18 Å². The highest BCUT2D eigenvalue weighted by atomic mass is 19.1. The predicted molar refractivity (Wildman–Crippen MR) is 113 cm³/mol. The van der Waals surface area contributed by atoms with Gasteiger partial charge in [-0.3, -0.25) is 0 Å². The number of benzene rings is 1. The normalized spacial score (nSPS) is 19.9. The van der Waals surface area contributed by atoms with E-state index in [4.69, 9.17) is 9.47 Å². The van der Waals surface area contributed by atoms with E-state index in [1.165, 1.54) is 19.1 Å². The summed E-state index contributed by atoms with van der Waals surface area (Å²) in [5, 5.41) is 23.7. The number of aromatic nitrogens is 1.